The van der Waals surface area contributed by atoms with Crippen LogP contribution in [-0.4, -0.2) is 21.5 Å². The molecule has 1 aromatic carbocycles. The van der Waals surface area contributed by atoms with E-state index in [0.717, 1.165) is 24.4 Å². The number of nitrogens with one attached hydrogen (secondary N) is 2. The normalized spacial score (nSPS) is 15.5. The maximum absolute atomic E-state index is 12.3. The van der Waals surface area contributed by atoms with Crippen molar-refractivity contribution in [2.75, 3.05) is 13.1 Å². The monoisotopic (exact) mass is 360 g/mol. The van der Waals surface area contributed by atoms with Crippen molar-refractivity contribution in [2.24, 2.45) is 5.92 Å². The van der Waals surface area contributed by atoms with Crippen LogP contribution in [0.4, 0.5) is 0 Å². The summed E-state index contributed by atoms with van der Waals surface area (Å²) in [5.41, 5.74) is 0.970. The molecule has 0 spiro atoms. The van der Waals surface area contributed by atoms with E-state index in [-0.39, 0.29) is 0 Å². The first-order valence-electron chi connectivity index (χ1n) is 7.01. The molecule has 1 aliphatic carbocycles. The molecule has 2 rings (SSSR count). The molecule has 1 saturated carbocycles. The number of benzene rings is 1. The zero-order chi connectivity index (χ0) is 14.6. The van der Waals surface area contributed by atoms with Gasteiger partial charge < -0.3 is 5.32 Å². The van der Waals surface area contributed by atoms with Crippen LogP contribution in [0.3, 0.4) is 0 Å². The molecule has 112 valence electrons. The van der Waals surface area contributed by atoms with E-state index < -0.39 is 10.0 Å². The molecule has 0 radical (unpaired) electrons. The van der Waals surface area contributed by atoms with Gasteiger partial charge in [-0.25, -0.2) is 13.1 Å². The summed E-state index contributed by atoms with van der Waals surface area (Å²) in [4.78, 5) is 0.323. The van der Waals surface area contributed by atoms with Gasteiger partial charge in [-0.05, 0) is 52.5 Å². The third-order valence-electron chi connectivity index (χ3n) is 3.41. The van der Waals surface area contributed by atoms with Crippen LogP contribution in [0.25, 0.3) is 0 Å². The Bertz CT molecular complexity index is 556. The quantitative estimate of drug-likeness (QED) is 0.749. The molecule has 1 fully saturated rings. The Hall–Kier alpha value is -0.430. The van der Waals surface area contributed by atoms with Crippen molar-refractivity contribution in [3.8, 4) is 0 Å². The first-order valence-corrected chi connectivity index (χ1v) is 9.29. The summed E-state index contributed by atoms with van der Waals surface area (Å²) in [5.74, 6) is 0.723. The molecule has 0 unspecified atom stereocenters. The van der Waals surface area contributed by atoms with E-state index in [1.165, 1.54) is 12.8 Å². The van der Waals surface area contributed by atoms with Crippen LogP contribution >= 0.6 is 15.9 Å². The summed E-state index contributed by atoms with van der Waals surface area (Å²) in [6, 6.07) is 5.45. The van der Waals surface area contributed by atoms with Gasteiger partial charge in [0.05, 0.1) is 4.90 Å². The third kappa shape index (κ3) is 4.55. The molecule has 0 aromatic heterocycles. The molecular formula is C14H21BrN2O2S. The second-order valence-electron chi connectivity index (χ2n) is 5.17. The van der Waals surface area contributed by atoms with Gasteiger partial charge in [0.1, 0.15) is 0 Å². The first kappa shape index (κ1) is 15.9. The van der Waals surface area contributed by atoms with Crippen LogP contribution in [0.5, 0.6) is 0 Å². The lowest BCUT2D eigenvalue weighted by atomic mass is 10.2. The molecule has 0 bridgehead atoms. The molecule has 1 aromatic rings. The van der Waals surface area contributed by atoms with Gasteiger partial charge in [-0.3, -0.25) is 0 Å². The number of halogens is 1. The maximum Gasteiger partial charge on any atom is 0.241 e. The molecule has 0 heterocycles. The fourth-order valence-corrected chi connectivity index (χ4v) is 4.07. The largest absolute Gasteiger partial charge is 0.313 e. The van der Waals surface area contributed by atoms with E-state index >= 15 is 0 Å². The van der Waals surface area contributed by atoms with E-state index in [4.69, 9.17) is 0 Å². The predicted octanol–water partition coefficient (Wildman–Crippen LogP) is 2.64. The second-order valence-corrected chi connectivity index (χ2v) is 7.76. The third-order valence-corrected chi connectivity index (χ3v) is 5.86. The Morgan fingerprint density at radius 2 is 2.10 bits per heavy atom. The molecule has 0 saturated heterocycles. The standard InChI is InChI=1S/C14H21BrN2O2S/c1-2-16-10-12-5-6-13(15)14(9-12)20(18,19)17-8-7-11-3-4-11/h5-6,9,11,16-17H,2-4,7-8,10H2,1H3. The van der Waals surface area contributed by atoms with Crippen LogP contribution in [0, 0.1) is 5.92 Å². The Kier molecular flexibility index (Phi) is 5.60. The highest BCUT2D eigenvalue weighted by Crippen LogP contribution is 2.32. The fourth-order valence-electron chi connectivity index (χ4n) is 2.01. The zero-order valence-corrected chi connectivity index (χ0v) is 14.1. The van der Waals surface area contributed by atoms with E-state index in [2.05, 4.69) is 26.0 Å². The molecule has 2 N–H and O–H groups in total. The lowest BCUT2D eigenvalue weighted by Gasteiger charge is -2.10. The molecule has 0 aliphatic heterocycles. The molecule has 1 aliphatic rings. The van der Waals surface area contributed by atoms with Crippen molar-refractivity contribution in [3.05, 3.63) is 28.2 Å². The average Bonchev–Trinajstić information content (AvgIpc) is 3.21. The van der Waals surface area contributed by atoms with E-state index in [0.29, 0.717) is 22.5 Å². The highest BCUT2D eigenvalue weighted by molar-refractivity contribution is 9.10. The molecule has 20 heavy (non-hydrogen) atoms. The first-order chi connectivity index (χ1) is 9.53. The van der Waals surface area contributed by atoms with Crippen molar-refractivity contribution in [1.29, 1.82) is 0 Å². The smallest absolute Gasteiger partial charge is 0.241 e. The molecule has 0 amide bonds. The topological polar surface area (TPSA) is 58.2 Å². The van der Waals surface area contributed by atoms with Gasteiger partial charge in [0.2, 0.25) is 10.0 Å². The summed E-state index contributed by atoms with van der Waals surface area (Å²) in [6.45, 7) is 4.08. The van der Waals surface area contributed by atoms with Gasteiger partial charge >= 0.3 is 0 Å². The summed E-state index contributed by atoms with van der Waals surface area (Å²) in [5, 5.41) is 3.20. The van der Waals surface area contributed by atoms with Gasteiger partial charge in [0.25, 0.3) is 0 Å². The molecule has 0 atom stereocenters. The van der Waals surface area contributed by atoms with Crippen molar-refractivity contribution in [2.45, 2.75) is 37.6 Å². The number of sulfonamides is 1. The minimum atomic E-state index is -3.43. The average molecular weight is 361 g/mol. The van der Waals surface area contributed by atoms with Gasteiger partial charge in [0, 0.05) is 17.6 Å². The Labute approximate surface area is 129 Å². The lowest BCUT2D eigenvalue weighted by Crippen LogP contribution is -2.25. The Morgan fingerprint density at radius 1 is 1.35 bits per heavy atom. The van der Waals surface area contributed by atoms with Gasteiger partial charge in [-0.15, -0.1) is 0 Å². The molecule has 4 nitrogen and oxygen atoms in total. The van der Waals surface area contributed by atoms with Crippen LogP contribution in [0.15, 0.2) is 27.6 Å². The van der Waals surface area contributed by atoms with Gasteiger partial charge in [-0.1, -0.05) is 25.8 Å². The van der Waals surface area contributed by atoms with Gasteiger partial charge in [-0.2, -0.15) is 0 Å². The number of hydrogen-bond donors (Lipinski definition) is 2. The van der Waals surface area contributed by atoms with Crippen LogP contribution in [-0.2, 0) is 16.6 Å². The Balaban J connectivity index is 2.07. The maximum atomic E-state index is 12.3. The van der Waals surface area contributed by atoms with Crippen molar-refractivity contribution in [3.63, 3.8) is 0 Å². The summed E-state index contributed by atoms with van der Waals surface area (Å²) >= 11 is 3.33. The molecule has 6 heteroatoms. The Morgan fingerprint density at radius 3 is 2.75 bits per heavy atom. The zero-order valence-electron chi connectivity index (χ0n) is 11.7. The fraction of sp³-hybridized carbons (Fsp3) is 0.571. The summed E-state index contributed by atoms with van der Waals surface area (Å²) in [6.07, 6.45) is 3.42. The van der Waals surface area contributed by atoms with E-state index in [9.17, 15) is 8.42 Å². The highest BCUT2D eigenvalue weighted by atomic mass is 79.9. The molecular weight excluding hydrogens is 340 g/mol. The highest BCUT2D eigenvalue weighted by Gasteiger charge is 2.23. The minimum Gasteiger partial charge on any atom is -0.313 e. The number of hydrogen-bond acceptors (Lipinski definition) is 3. The summed E-state index contributed by atoms with van der Waals surface area (Å²) in [7, 11) is -3.43. The van der Waals surface area contributed by atoms with Gasteiger partial charge in [0.15, 0.2) is 0 Å². The van der Waals surface area contributed by atoms with Crippen LogP contribution < -0.4 is 10.0 Å². The minimum absolute atomic E-state index is 0.323. The SMILES string of the molecule is CCNCc1ccc(Br)c(S(=O)(=O)NCCC2CC2)c1. The van der Waals surface area contributed by atoms with Crippen LogP contribution in [0.2, 0.25) is 0 Å². The van der Waals surface area contributed by atoms with Crippen molar-refractivity contribution < 1.29 is 8.42 Å². The predicted molar refractivity (Wildman–Crippen MR) is 84.1 cm³/mol. The number of rotatable bonds is 8. The van der Waals surface area contributed by atoms with Crippen molar-refractivity contribution in [1.82, 2.24) is 10.0 Å². The van der Waals surface area contributed by atoms with E-state index in [1.54, 1.807) is 12.1 Å². The summed E-state index contributed by atoms with van der Waals surface area (Å²) < 4.78 is 27.9. The second kappa shape index (κ2) is 7.02. The van der Waals surface area contributed by atoms with E-state index in [1.807, 2.05) is 13.0 Å². The van der Waals surface area contributed by atoms with Crippen LogP contribution in [0.1, 0.15) is 31.7 Å². The lowest BCUT2D eigenvalue weighted by molar-refractivity contribution is 0.574. The van der Waals surface area contributed by atoms with Crippen molar-refractivity contribution >= 4 is 26.0 Å².